The highest BCUT2D eigenvalue weighted by molar-refractivity contribution is 6.32. The molecule has 0 aliphatic carbocycles. The molecule has 1 aliphatic heterocycles. The summed E-state index contributed by atoms with van der Waals surface area (Å²) in [5, 5.41) is 0.0464. The van der Waals surface area contributed by atoms with Crippen LogP contribution in [-0.2, 0) is 0 Å². The highest BCUT2D eigenvalue weighted by atomic mass is 35.5. The van der Waals surface area contributed by atoms with Crippen molar-refractivity contribution in [2.75, 3.05) is 18.0 Å². The zero-order valence-electron chi connectivity index (χ0n) is 11.2. The molecule has 1 saturated heterocycles. The fourth-order valence-electron chi connectivity index (χ4n) is 2.36. The van der Waals surface area contributed by atoms with Crippen LogP contribution in [0.5, 0.6) is 0 Å². The molecule has 0 saturated carbocycles. The molecule has 110 valence electrons. The number of alkyl halides is 1. The van der Waals surface area contributed by atoms with E-state index in [9.17, 15) is 9.18 Å². The molecule has 0 spiro atoms. The second kappa shape index (κ2) is 5.81. The molecule has 7 heteroatoms. The van der Waals surface area contributed by atoms with Crippen molar-refractivity contribution in [2.45, 2.75) is 19.0 Å². The van der Waals surface area contributed by atoms with E-state index in [1.165, 1.54) is 0 Å². The molecule has 0 radical (unpaired) electrons. The fourth-order valence-corrected chi connectivity index (χ4v) is 2.57. The van der Waals surface area contributed by atoms with Crippen molar-refractivity contribution in [2.24, 2.45) is 0 Å². The van der Waals surface area contributed by atoms with Gasteiger partial charge in [-0.25, -0.2) is 9.37 Å². The van der Waals surface area contributed by atoms with Gasteiger partial charge in [-0.1, -0.05) is 11.6 Å². The monoisotopic (exact) mass is 308 g/mol. The molecule has 0 aromatic carbocycles. The van der Waals surface area contributed by atoms with Crippen molar-refractivity contribution in [3.8, 4) is 11.4 Å². The standard InChI is InChI=1S/C14H14ClFN4O/c15-11-13(20-7-3-10(16)4-8-20)18-12(19-14(11)21)9-1-5-17-6-2-9/h1-2,5-6,10H,3-4,7-8H2,(H,18,19,21). The topological polar surface area (TPSA) is 61.9 Å². The molecule has 3 heterocycles. The number of hydrogen-bond acceptors (Lipinski definition) is 4. The summed E-state index contributed by atoms with van der Waals surface area (Å²) in [7, 11) is 0. The Morgan fingerprint density at radius 2 is 1.95 bits per heavy atom. The average Bonchev–Trinajstić information content (AvgIpc) is 2.52. The van der Waals surface area contributed by atoms with Crippen molar-refractivity contribution in [1.29, 1.82) is 0 Å². The average molecular weight is 309 g/mol. The molecule has 0 amide bonds. The predicted octanol–water partition coefficient (Wildman–Crippen LogP) is 2.42. The minimum atomic E-state index is -0.790. The Morgan fingerprint density at radius 1 is 1.29 bits per heavy atom. The Labute approximate surface area is 125 Å². The molecule has 2 aromatic heterocycles. The fraction of sp³-hybridized carbons (Fsp3) is 0.357. The van der Waals surface area contributed by atoms with Crippen LogP contribution in [0.2, 0.25) is 5.02 Å². The number of pyridine rings is 1. The number of nitrogens with one attached hydrogen (secondary N) is 1. The number of halogens is 2. The van der Waals surface area contributed by atoms with Crippen LogP contribution < -0.4 is 10.5 Å². The number of aromatic nitrogens is 3. The lowest BCUT2D eigenvalue weighted by Crippen LogP contribution is -2.36. The first-order valence-electron chi connectivity index (χ1n) is 6.74. The molecule has 2 aromatic rings. The maximum Gasteiger partial charge on any atom is 0.272 e. The van der Waals surface area contributed by atoms with Gasteiger partial charge < -0.3 is 9.88 Å². The van der Waals surface area contributed by atoms with Gasteiger partial charge >= 0.3 is 0 Å². The number of nitrogens with zero attached hydrogens (tertiary/aromatic N) is 3. The van der Waals surface area contributed by atoms with Crippen molar-refractivity contribution in [1.82, 2.24) is 15.0 Å². The number of H-pyrrole nitrogens is 1. The lowest BCUT2D eigenvalue weighted by molar-refractivity contribution is 0.276. The van der Waals surface area contributed by atoms with Gasteiger partial charge in [0.25, 0.3) is 5.56 Å². The van der Waals surface area contributed by atoms with E-state index in [2.05, 4.69) is 15.0 Å². The molecular weight excluding hydrogens is 295 g/mol. The van der Waals surface area contributed by atoms with E-state index >= 15 is 0 Å². The molecule has 0 atom stereocenters. The third-order valence-corrected chi connectivity index (χ3v) is 3.86. The van der Waals surface area contributed by atoms with Crippen LogP contribution in [0, 0.1) is 0 Å². The van der Waals surface area contributed by atoms with E-state index in [0.29, 0.717) is 37.6 Å². The Kier molecular flexibility index (Phi) is 3.88. The van der Waals surface area contributed by atoms with Crippen molar-refractivity contribution < 1.29 is 4.39 Å². The Bertz CT molecular complexity index is 683. The van der Waals surface area contributed by atoms with Crippen LogP contribution in [0.25, 0.3) is 11.4 Å². The Balaban J connectivity index is 2.01. The number of rotatable bonds is 2. The molecule has 21 heavy (non-hydrogen) atoms. The van der Waals surface area contributed by atoms with Crippen molar-refractivity contribution >= 4 is 17.4 Å². The van der Waals surface area contributed by atoms with Crippen LogP contribution in [0.15, 0.2) is 29.3 Å². The van der Waals surface area contributed by atoms with Crippen LogP contribution in [0.1, 0.15) is 12.8 Å². The third-order valence-electron chi connectivity index (χ3n) is 3.52. The van der Waals surface area contributed by atoms with Gasteiger partial charge in [-0.2, -0.15) is 0 Å². The second-order valence-corrected chi connectivity index (χ2v) is 5.33. The smallest absolute Gasteiger partial charge is 0.272 e. The normalized spacial score (nSPS) is 16.2. The summed E-state index contributed by atoms with van der Waals surface area (Å²) in [5.74, 6) is 0.850. The Morgan fingerprint density at radius 3 is 2.62 bits per heavy atom. The summed E-state index contributed by atoms with van der Waals surface area (Å²) < 4.78 is 13.2. The van der Waals surface area contributed by atoms with E-state index in [1.54, 1.807) is 24.5 Å². The SMILES string of the molecule is O=c1[nH]c(-c2ccncc2)nc(N2CCC(F)CC2)c1Cl. The lowest BCUT2D eigenvalue weighted by atomic mass is 10.1. The molecule has 1 N–H and O–H groups in total. The van der Waals surface area contributed by atoms with Crippen LogP contribution in [-0.4, -0.2) is 34.2 Å². The number of anilines is 1. The molecule has 1 fully saturated rings. The first-order valence-corrected chi connectivity index (χ1v) is 7.12. The molecule has 5 nitrogen and oxygen atoms in total. The predicted molar refractivity (Wildman–Crippen MR) is 79.4 cm³/mol. The number of aromatic amines is 1. The zero-order valence-corrected chi connectivity index (χ0v) is 12.0. The minimum Gasteiger partial charge on any atom is -0.355 e. The van der Waals surface area contributed by atoms with Gasteiger partial charge in [-0.05, 0) is 25.0 Å². The Hall–Kier alpha value is -1.95. The summed E-state index contributed by atoms with van der Waals surface area (Å²) in [4.78, 5) is 24.9. The quantitative estimate of drug-likeness (QED) is 0.925. The lowest BCUT2D eigenvalue weighted by Gasteiger charge is -2.30. The number of piperidine rings is 1. The van der Waals surface area contributed by atoms with Gasteiger partial charge in [-0.3, -0.25) is 9.78 Å². The summed E-state index contributed by atoms with van der Waals surface area (Å²) in [6.07, 6.45) is 3.31. The zero-order chi connectivity index (χ0) is 14.8. The van der Waals surface area contributed by atoms with E-state index in [4.69, 9.17) is 11.6 Å². The van der Waals surface area contributed by atoms with E-state index < -0.39 is 11.7 Å². The van der Waals surface area contributed by atoms with Gasteiger partial charge in [0.2, 0.25) is 0 Å². The van der Waals surface area contributed by atoms with Gasteiger partial charge in [-0.15, -0.1) is 0 Å². The largest absolute Gasteiger partial charge is 0.355 e. The molecule has 0 unspecified atom stereocenters. The van der Waals surface area contributed by atoms with Gasteiger partial charge in [0.1, 0.15) is 17.0 Å². The van der Waals surface area contributed by atoms with Gasteiger partial charge in [0.15, 0.2) is 5.82 Å². The van der Waals surface area contributed by atoms with E-state index in [1.807, 2.05) is 4.90 Å². The summed E-state index contributed by atoms with van der Waals surface area (Å²) in [6.45, 7) is 1.01. The maximum absolute atomic E-state index is 13.2. The summed E-state index contributed by atoms with van der Waals surface area (Å²) in [5.41, 5.74) is 0.358. The van der Waals surface area contributed by atoms with Crippen LogP contribution in [0.4, 0.5) is 10.2 Å². The summed E-state index contributed by atoms with van der Waals surface area (Å²) >= 11 is 6.07. The van der Waals surface area contributed by atoms with Gasteiger partial charge in [0, 0.05) is 31.0 Å². The van der Waals surface area contributed by atoms with Crippen molar-refractivity contribution in [3.63, 3.8) is 0 Å². The van der Waals surface area contributed by atoms with Gasteiger partial charge in [0.05, 0.1) is 0 Å². The first kappa shape index (κ1) is 14.0. The second-order valence-electron chi connectivity index (χ2n) is 4.95. The molecule has 1 aliphatic rings. The van der Waals surface area contributed by atoms with Crippen LogP contribution >= 0.6 is 11.6 Å². The highest BCUT2D eigenvalue weighted by Crippen LogP contribution is 2.26. The minimum absolute atomic E-state index is 0.0464. The maximum atomic E-state index is 13.2. The number of hydrogen-bond donors (Lipinski definition) is 1. The van der Waals surface area contributed by atoms with Crippen molar-refractivity contribution in [3.05, 3.63) is 39.9 Å². The van der Waals surface area contributed by atoms with Crippen LogP contribution in [0.3, 0.4) is 0 Å². The van der Waals surface area contributed by atoms with E-state index in [0.717, 1.165) is 5.56 Å². The molecular formula is C14H14ClFN4O. The highest BCUT2D eigenvalue weighted by Gasteiger charge is 2.23. The first-order chi connectivity index (χ1) is 10.1. The molecule has 0 bridgehead atoms. The third kappa shape index (κ3) is 2.90. The molecule has 3 rings (SSSR count). The summed E-state index contributed by atoms with van der Waals surface area (Å²) in [6, 6.07) is 3.51. The van der Waals surface area contributed by atoms with E-state index in [-0.39, 0.29) is 5.02 Å².